The molecule has 12 aromatic rings. The van der Waals surface area contributed by atoms with Crippen LogP contribution in [0, 0.1) is 0 Å². The first kappa shape index (κ1) is 36.8. The topological polar surface area (TPSA) is 9.86 Å². The average molecular weight is 819 g/mol. The van der Waals surface area contributed by atoms with Crippen molar-refractivity contribution in [2.24, 2.45) is 0 Å². The third-order valence-electron chi connectivity index (χ3n) is 13.0. The number of nitrogens with zero attached hydrogens (tertiary/aromatic N) is 2. The highest BCUT2D eigenvalue weighted by molar-refractivity contribution is 7.20. The zero-order valence-corrected chi connectivity index (χ0v) is 35.6. The van der Waals surface area contributed by atoms with Crippen molar-refractivity contribution in [3.63, 3.8) is 0 Å². The molecule has 0 bridgehead atoms. The molecule has 0 fully saturated rings. The lowest BCUT2D eigenvalue weighted by Gasteiger charge is -2.35. The fourth-order valence-electron chi connectivity index (χ4n) is 10.4. The molecule has 0 saturated carbocycles. The van der Waals surface area contributed by atoms with E-state index >= 15 is 0 Å². The van der Waals surface area contributed by atoms with E-state index in [1.807, 2.05) is 0 Å². The quantitative estimate of drug-likeness (QED) is 0.107. The van der Waals surface area contributed by atoms with Gasteiger partial charge in [0.05, 0.1) is 27.8 Å². The number of fused-ring (bicyclic) bond motifs is 6. The molecule has 63 heavy (non-hydrogen) atoms. The van der Waals surface area contributed by atoms with Crippen molar-refractivity contribution in [2.75, 3.05) is 0 Å². The summed E-state index contributed by atoms with van der Waals surface area (Å²) in [4.78, 5) is 0. The summed E-state index contributed by atoms with van der Waals surface area (Å²) in [5.41, 5.74) is 11.8. The number of benzene rings is 10. The van der Waals surface area contributed by atoms with Gasteiger partial charge in [0.1, 0.15) is 0 Å². The Morgan fingerprint density at radius 1 is 0.286 bits per heavy atom. The zero-order chi connectivity index (χ0) is 41.7. The second-order valence-corrected chi connectivity index (χ2v) is 20.2. The largest absolute Gasteiger partial charge is 0.307 e. The van der Waals surface area contributed by atoms with Crippen LogP contribution in [0.4, 0.5) is 0 Å². The summed E-state index contributed by atoms with van der Waals surface area (Å²) in [6.45, 7) is 0. The molecule has 0 spiro atoms. The van der Waals surface area contributed by atoms with Crippen LogP contribution in [-0.2, 0) is 0 Å². The summed E-state index contributed by atoms with van der Waals surface area (Å²) in [5, 5.41) is 10.3. The van der Waals surface area contributed by atoms with Gasteiger partial charge < -0.3 is 9.13 Å². The molecule has 0 radical (unpaired) electrons. The molecule has 0 N–H and O–H groups in total. The van der Waals surface area contributed by atoms with Gasteiger partial charge in [-0.05, 0) is 61.7 Å². The number of rotatable bonds is 8. The summed E-state index contributed by atoms with van der Waals surface area (Å²) in [5.74, 6) is 0. The Bertz CT molecular complexity index is 3500. The van der Waals surface area contributed by atoms with Gasteiger partial charge in [-0.1, -0.05) is 231 Å². The van der Waals surface area contributed by atoms with Crippen LogP contribution in [0.25, 0.3) is 77.2 Å². The van der Waals surface area contributed by atoms with Crippen LogP contribution in [0.15, 0.2) is 255 Å². The second-order valence-electron chi connectivity index (χ2n) is 16.4. The summed E-state index contributed by atoms with van der Waals surface area (Å²) in [7, 11) is -3.04. The summed E-state index contributed by atoms with van der Waals surface area (Å²) in [6, 6.07) is 94.4. The molecular weight excluding hydrogens is 777 g/mol. The minimum atomic E-state index is -3.04. The number of hydrogen-bond donors (Lipinski definition) is 0. The number of aromatic nitrogens is 2. The molecule has 0 aliphatic rings. The maximum atomic E-state index is 2.65. The Morgan fingerprint density at radius 3 is 1.38 bits per heavy atom. The molecule has 0 aliphatic heterocycles. The minimum absolute atomic E-state index is 1.13. The van der Waals surface area contributed by atoms with E-state index in [2.05, 4.69) is 264 Å². The molecule has 10 aromatic carbocycles. The average Bonchev–Trinajstić information content (AvgIpc) is 3.90. The van der Waals surface area contributed by atoms with Crippen LogP contribution in [0.5, 0.6) is 0 Å². The van der Waals surface area contributed by atoms with Gasteiger partial charge in [0, 0.05) is 32.8 Å². The molecule has 0 amide bonds. The van der Waals surface area contributed by atoms with Crippen LogP contribution in [-0.4, -0.2) is 17.2 Å². The van der Waals surface area contributed by atoms with Gasteiger partial charge in [-0.3, -0.25) is 0 Å². The van der Waals surface area contributed by atoms with E-state index in [-0.39, 0.29) is 0 Å². The van der Waals surface area contributed by atoms with E-state index < -0.39 is 8.07 Å². The molecule has 3 heteroatoms. The van der Waals surface area contributed by atoms with E-state index in [4.69, 9.17) is 0 Å². The van der Waals surface area contributed by atoms with Gasteiger partial charge in [-0.15, -0.1) is 0 Å². The molecule has 0 saturated heterocycles. The lowest BCUT2D eigenvalue weighted by Crippen LogP contribution is -2.75. The van der Waals surface area contributed by atoms with E-state index in [0.29, 0.717) is 0 Å². The van der Waals surface area contributed by atoms with Crippen molar-refractivity contribution < 1.29 is 0 Å². The fraction of sp³-hybridized carbons (Fsp3) is 0. The van der Waals surface area contributed by atoms with Gasteiger partial charge in [-0.25, -0.2) is 0 Å². The van der Waals surface area contributed by atoms with E-state index in [1.54, 1.807) is 0 Å². The Labute approximate surface area is 368 Å². The summed E-state index contributed by atoms with van der Waals surface area (Å²) < 4.78 is 5.16. The van der Waals surface area contributed by atoms with E-state index in [0.717, 1.165) is 11.4 Å². The van der Waals surface area contributed by atoms with Crippen molar-refractivity contribution in [3.8, 4) is 33.6 Å². The highest BCUT2D eigenvalue weighted by Crippen LogP contribution is 2.42. The first-order chi connectivity index (χ1) is 31.3. The van der Waals surface area contributed by atoms with Crippen LogP contribution >= 0.6 is 0 Å². The van der Waals surface area contributed by atoms with Gasteiger partial charge in [-0.2, -0.15) is 0 Å². The minimum Gasteiger partial charge on any atom is -0.307 e. The lowest BCUT2D eigenvalue weighted by molar-refractivity contribution is 1.13. The smallest absolute Gasteiger partial charge is 0.181 e. The van der Waals surface area contributed by atoms with E-state index in [9.17, 15) is 0 Å². The molecule has 0 unspecified atom stereocenters. The highest BCUT2D eigenvalue weighted by Gasteiger charge is 2.43. The standard InChI is InChI=1S/C60H42N2Si/c1-6-22-43(23-7-1)45-26-18-27-46(42-45)61-55-39-17-16-34-51(55)52-37-20-40-56(59(52)61)62-58-50(44-24-8-2-9-25-44)35-19-36-53(58)54-38-21-41-57(60(54)62)63(47-28-10-3-11-29-47,48-30-12-4-13-31-48)49-32-14-5-15-33-49/h1-42H. The predicted molar refractivity (Wildman–Crippen MR) is 270 cm³/mol. The molecule has 12 rings (SSSR count). The van der Waals surface area contributed by atoms with Crippen molar-refractivity contribution in [2.45, 2.75) is 0 Å². The van der Waals surface area contributed by atoms with Crippen LogP contribution in [0.2, 0.25) is 0 Å². The maximum absolute atomic E-state index is 3.04. The Morgan fingerprint density at radius 2 is 0.746 bits per heavy atom. The first-order valence-electron chi connectivity index (χ1n) is 21.8. The van der Waals surface area contributed by atoms with Crippen molar-refractivity contribution in [3.05, 3.63) is 255 Å². The van der Waals surface area contributed by atoms with Gasteiger partial charge in [0.25, 0.3) is 0 Å². The predicted octanol–water partition coefficient (Wildman–Crippen LogP) is 12.6. The highest BCUT2D eigenvalue weighted by atomic mass is 28.3. The Hall–Kier alpha value is -7.98. The molecular formula is C60H42N2Si. The normalized spacial score (nSPS) is 11.8. The molecule has 2 aromatic heterocycles. The molecule has 2 heterocycles. The number of para-hydroxylation sites is 4. The SMILES string of the molecule is c1ccc(-c2cccc(-n3c4ccccc4c4cccc(-n5c6c(-c7ccccc7)cccc6c6cccc([Si](c7ccccc7)(c7ccccc7)c7ccccc7)c65)c43)c2)cc1. The monoisotopic (exact) mass is 818 g/mol. The van der Waals surface area contributed by atoms with Crippen LogP contribution < -0.4 is 20.7 Å². The molecule has 0 atom stereocenters. The summed E-state index contributed by atoms with van der Waals surface area (Å²) in [6.07, 6.45) is 0. The molecule has 296 valence electrons. The Balaban J connectivity index is 1.30. The van der Waals surface area contributed by atoms with Crippen molar-refractivity contribution in [1.29, 1.82) is 0 Å². The zero-order valence-electron chi connectivity index (χ0n) is 34.6. The molecule has 2 nitrogen and oxygen atoms in total. The lowest BCUT2D eigenvalue weighted by atomic mass is 10.0. The van der Waals surface area contributed by atoms with Crippen molar-refractivity contribution in [1.82, 2.24) is 9.13 Å². The van der Waals surface area contributed by atoms with Gasteiger partial charge in [0.2, 0.25) is 0 Å². The number of hydrogen-bond acceptors (Lipinski definition) is 0. The Kier molecular flexibility index (Phi) is 8.87. The first-order valence-corrected chi connectivity index (χ1v) is 23.8. The van der Waals surface area contributed by atoms with Gasteiger partial charge >= 0.3 is 0 Å². The van der Waals surface area contributed by atoms with Crippen LogP contribution in [0.1, 0.15) is 0 Å². The molecule has 0 aliphatic carbocycles. The fourth-order valence-corrected chi connectivity index (χ4v) is 15.4. The van der Waals surface area contributed by atoms with Crippen LogP contribution in [0.3, 0.4) is 0 Å². The second kappa shape index (κ2) is 15.2. The van der Waals surface area contributed by atoms with Gasteiger partial charge in [0.15, 0.2) is 8.07 Å². The summed E-state index contributed by atoms with van der Waals surface area (Å²) >= 11 is 0. The third kappa shape index (κ3) is 5.78. The van der Waals surface area contributed by atoms with E-state index in [1.165, 1.54) is 86.6 Å². The maximum Gasteiger partial charge on any atom is 0.181 e. The third-order valence-corrected chi connectivity index (χ3v) is 17.9. The van der Waals surface area contributed by atoms with Crippen molar-refractivity contribution >= 4 is 72.4 Å².